The number of rotatable bonds is 5. The standard InChI is InChI=1S/C19H21FN4O4/c20-12-3-1-11(2-4-12)15-10-23(7-8-28-15)9-14(25)16-17(21)24(13-5-6-13)19(27)22-18(16)26/h1-4,13,15H,5-10,21H2,(H,22,26,27)/t15-/m1/s1. The zero-order valence-corrected chi connectivity index (χ0v) is 15.2. The van der Waals surface area contributed by atoms with E-state index in [2.05, 4.69) is 4.98 Å². The molecule has 1 aliphatic carbocycles. The zero-order valence-electron chi connectivity index (χ0n) is 15.2. The van der Waals surface area contributed by atoms with Crippen LogP contribution in [0.2, 0.25) is 0 Å². The Bertz CT molecular complexity index is 1010. The maximum Gasteiger partial charge on any atom is 0.330 e. The smallest absolute Gasteiger partial charge is 0.330 e. The topological polar surface area (TPSA) is 110 Å². The first kappa shape index (κ1) is 18.6. The van der Waals surface area contributed by atoms with E-state index in [1.807, 2.05) is 4.90 Å². The number of aromatic amines is 1. The summed E-state index contributed by atoms with van der Waals surface area (Å²) in [6.07, 6.45) is 1.30. The Morgan fingerprint density at radius 3 is 2.64 bits per heavy atom. The molecule has 148 valence electrons. The van der Waals surface area contributed by atoms with E-state index >= 15 is 0 Å². The number of anilines is 1. The number of nitrogens with one attached hydrogen (secondary N) is 1. The minimum absolute atomic E-state index is 0.0167. The number of carbonyl (C=O) groups is 1. The lowest BCUT2D eigenvalue weighted by Gasteiger charge is -2.32. The molecule has 2 heterocycles. The van der Waals surface area contributed by atoms with Gasteiger partial charge in [-0.05, 0) is 30.5 Å². The molecule has 2 aromatic rings. The Balaban J connectivity index is 1.52. The van der Waals surface area contributed by atoms with E-state index in [1.165, 1.54) is 16.7 Å². The van der Waals surface area contributed by atoms with Gasteiger partial charge in [-0.25, -0.2) is 9.18 Å². The van der Waals surface area contributed by atoms with Crippen molar-refractivity contribution in [2.24, 2.45) is 0 Å². The van der Waals surface area contributed by atoms with Crippen molar-refractivity contribution in [1.29, 1.82) is 0 Å². The third-order valence-corrected chi connectivity index (χ3v) is 5.13. The van der Waals surface area contributed by atoms with Crippen molar-refractivity contribution in [3.63, 3.8) is 0 Å². The van der Waals surface area contributed by atoms with Crippen LogP contribution in [-0.2, 0) is 4.74 Å². The Kier molecular flexibility index (Phi) is 4.86. The number of ether oxygens (including phenoxy) is 1. The van der Waals surface area contributed by atoms with Crippen LogP contribution in [0.4, 0.5) is 10.2 Å². The van der Waals surface area contributed by atoms with Crippen molar-refractivity contribution in [2.45, 2.75) is 25.0 Å². The number of halogens is 1. The number of nitrogens with zero attached hydrogens (tertiary/aromatic N) is 2. The van der Waals surface area contributed by atoms with Gasteiger partial charge in [0.1, 0.15) is 17.2 Å². The number of benzene rings is 1. The molecule has 3 N–H and O–H groups in total. The lowest BCUT2D eigenvalue weighted by molar-refractivity contribution is -0.0275. The molecule has 28 heavy (non-hydrogen) atoms. The maximum atomic E-state index is 13.1. The van der Waals surface area contributed by atoms with Crippen LogP contribution >= 0.6 is 0 Å². The second-order valence-corrected chi connectivity index (χ2v) is 7.19. The van der Waals surface area contributed by atoms with Crippen molar-refractivity contribution in [1.82, 2.24) is 14.5 Å². The minimum Gasteiger partial charge on any atom is -0.384 e. The van der Waals surface area contributed by atoms with E-state index in [0.717, 1.165) is 18.4 Å². The van der Waals surface area contributed by atoms with Crippen molar-refractivity contribution in [2.75, 3.05) is 32.0 Å². The Morgan fingerprint density at radius 2 is 1.96 bits per heavy atom. The monoisotopic (exact) mass is 388 g/mol. The van der Waals surface area contributed by atoms with E-state index in [1.54, 1.807) is 12.1 Å². The number of ketones is 1. The summed E-state index contributed by atoms with van der Waals surface area (Å²) in [5.41, 5.74) is 5.32. The van der Waals surface area contributed by atoms with Crippen LogP contribution in [0.1, 0.15) is 40.9 Å². The Morgan fingerprint density at radius 1 is 1.25 bits per heavy atom. The molecule has 1 saturated carbocycles. The zero-order chi connectivity index (χ0) is 19.8. The molecule has 0 amide bonds. The third-order valence-electron chi connectivity index (χ3n) is 5.13. The van der Waals surface area contributed by atoms with Crippen LogP contribution < -0.4 is 17.0 Å². The molecule has 1 saturated heterocycles. The quantitative estimate of drug-likeness (QED) is 0.735. The highest BCUT2D eigenvalue weighted by molar-refractivity contribution is 6.01. The Labute approximate surface area is 159 Å². The van der Waals surface area contributed by atoms with Crippen LogP contribution in [0.15, 0.2) is 33.9 Å². The van der Waals surface area contributed by atoms with Crippen LogP contribution in [-0.4, -0.2) is 46.5 Å². The molecule has 2 aliphatic rings. The van der Waals surface area contributed by atoms with Crippen molar-refractivity contribution in [3.8, 4) is 0 Å². The summed E-state index contributed by atoms with van der Waals surface area (Å²) in [7, 11) is 0. The minimum atomic E-state index is -0.757. The lowest BCUT2D eigenvalue weighted by Crippen LogP contribution is -2.43. The van der Waals surface area contributed by atoms with E-state index in [4.69, 9.17) is 10.5 Å². The number of morpholine rings is 1. The van der Waals surface area contributed by atoms with E-state index in [9.17, 15) is 18.8 Å². The van der Waals surface area contributed by atoms with Gasteiger partial charge in [-0.3, -0.25) is 24.0 Å². The average molecular weight is 388 g/mol. The fraction of sp³-hybridized carbons (Fsp3) is 0.421. The molecule has 0 spiro atoms. The van der Waals surface area contributed by atoms with Crippen LogP contribution in [0, 0.1) is 5.82 Å². The molecule has 8 nitrogen and oxygen atoms in total. The summed E-state index contributed by atoms with van der Waals surface area (Å²) in [5.74, 6) is -0.829. The second kappa shape index (κ2) is 7.33. The van der Waals surface area contributed by atoms with Gasteiger partial charge in [0.05, 0.1) is 19.3 Å². The van der Waals surface area contributed by atoms with Gasteiger partial charge in [0, 0.05) is 19.1 Å². The van der Waals surface area contributed by atoms with Crippen molar-refractivity contribution >= 4 is 11.6 Å². The first-order valence-corrected chi connectivity index (χ1v) is 9.21. The molecule has 4 rings (SSSR count). The first-order valence-electron chi connectivity index (χ1n) is 9.21. The predicted octanol–water partition coefficient (Wildman–Crippen LogP) is 0.849. The molecule has 1 aromatic carbocycles. The van der Waals surface area contributed by atoms with Crippen LogP contribution in [0.3, 0.4) is 0 Å². The summed E-state index contributed by atoms with van der Waals surface area (Å²) in [5, 5.41) is 0. The van der Waals surface area contributed by atoms with Gasteiger partial charge >= 0.3 is 5.69 Å². The van der Waals surface area contributed by atoms with Gasteiger partial charge in [-0.2, -0.15) is 0 Å². The highest BCUT2D eigenvalue weighted by Crippen LogP contribution is 2.35. The number of aromatic nitrogens is 2. The number of hydrogen-bond acceptors (Lipinski definition) is 6. The Hall–Kier alpha value is -2.78. The number of hydrogen-bond donors (Lipinski definition) is 2. The second-order valence-electron chi connectivity index (χ2n) is 7.19. The third kappa shape index (κ3) is 3.63. The molecule has 0 radical (unpaired) electrons. The average Bonchev–Trinajstić information content (AvgIpc) is 3.47. The molecule has 1 aromatic heterocycles. The van der Waals surface area contributed by atoms with Crippen molar-refractivity contribution in [3.05, 3.63) is 62.0 Å². The largest absolute Gasteiger partial charge is 0.384 e. The fourth-order valence-electron chi connectivity index (χ4n) is 3.54. The SMILES string of the molecule is Nc1c(C(=O)CN2CCO[C@@H](c3ccc(F)cc3)C2)c(=O)[nH]c(=O)n1C1CC1. The number of carbonyl (C=O) groups excluding carboxylic acids is 1. The van der Waals surface area contributed by atoms with Gasteiger partial charge in [-0.15, -0.1) is 0 Å². The highest BCUT2D eigenvalue weighted by atomic mass is 19.1. The highest BCUT2D eigenvalue weighted by Gasteiger charge is 2.31. The van der Waals surface area contributed by atoms with E-state index in [-0.39, 0.29) is 35.9 Å². The predicted molar refractivity (Wildman–Crippen MR) is 99.9 cm³/mol. The molecule has 2 fully saturated rings. The molecule has 9 heteroatoms. The molecular weight excluding hydrogens is 367 g/mol. The maximum absolute atomic E-state index is 13.1. The molecule has 1 atom stereocenters. The summed E-state index contributed by atoms with van der Waals surface area (Å²) < 4.78 is 20.2. The van der Waals surface area contributed by atoms with E-state index < -0.39 is 17.0 Å². The van der Waals surface area contributed by atoms with Crippen LogP contribution in [0.25, 0.3) is 0 Å². The summed E-state index contributed by atoms with van der Waals surface area (Å²) in [6.45, 7) is 1.33. The first-order chi connectivity index (χ1) is 13.4. The van der Waals surface area contributed by atoms with Crippen molar-refractivity contribution < 1.29 is 13.9 Å². The number of nitrogen functional groups attached to an aromatic ring is 1. The van der Waals surface area contributed by atoms with Gasteiger partial charge in [-0.1, -0.05) is 12.1 Å². The van der Waals surface area contributed by atoms with Gasteiger partial charge in [0.2, 0.25) is 0 Å². The fourth-order valence-corrected chi connectivity index (χ4v) is 3.54. The molecular formula is C19H21FN4O4. The normalized spacial score (nSPS) is 20.2. The molecule has 1 aliphatic heterocycles. The van der Waals surface area contributed by atoms with E-state index in [0.29, 0.717) is 19.7 Å². The van der Waals surface area contributed by atoms with Crippen LogP contribution in [0.5, 0.6) is 0 Å². The number of H-pyrrole nitrogens is 1. The number of nitrogens with two attached hydrogens (primary N) is 1. The van der Waals surface area contributed by atoms with Gasteiger partial charge < -0.3 is 10.5 Å². The number of Topliss-reactive ketones (excluding diaryl/α,β-unsaturated/α-hetero) is 1. The van der Waals surface area contributed by atoms with Gasteiger partial charge in [0.15, 0.2) is 5.78 Å². The summed E-state index contributed by atoms with van der Waals surface area (Å²) >= 11 is 0. The summed E-state index contributed by atoms with van der Waals surface area (Å²) in [4.78, 5) is 41.1. The summed E-state index contributed by atoms with van der Waals surface area (Å²) in [6, 6.07) is 5.98. The lowest BCUT2D eigenvalue weighted by atomic mass is 10.1. The van der Waals surface area contributed by atoms with Gasteiger partial charge in [0.25, 0.3) is 5.56 Å². The molecule has 0 bridgehead atoms. The molecule has 0 unspecified atom stereocenters.